The van der Waals surface area contributed by atoms with Crippen molar-refractivity contribution in [1.29, 1.82) is 5.26 Å². The SMILES string of the molecule is CC(C)(C)N1CCC(n2cc(C(Nc3cc(Cl)c4ncc(C#N)c(Nc5ccc(F)c(Cl)c5)c4c3)c3ccc(Cl)cc3)nn2)CC1. The van der Waals surface area contributed by atoms with E-state index in [0.717, 1.165) is 37.2 Å². The van der Waals surface area contributed by atoms with Crippen LogP contribution in [0.2, 0.25) is 15.1 Å². The topological polar surface area (TPSA) is 94.7 Å². The summed E-state index contributed by atoms with van der Waals surface area (Å²) in [5, 5.41) is 27.5. The van der Waals surface area contributed by atoms with Gasteiger partial charge in [-0.05, 0) is 81.6 Å². The summed E-state index contributed by atoms with van der Waals surface area (Å²) in [6.07, 6.45) is 5.44. The molecule has 1 fully saturated rings. The molecule has 5 aromatic rings. The first-order valence-electron chi connectivity index (χ1n) is 14.9. The third-order valence-electron chi connectivity index (χ3n) is 8.36. The highest BCUT2D eigenvalue weighted by Gasteiger charge is 2.29. The number of nitrogens with one attached hydrogen (secondary N) is 2. The summed E-state index contributed by atoms with van der Waals surface area (Å²) in [5.74, 6) is -0.539. The van der Waals surface area contributed by atoms with E-state index in [4.69, 9.17) is 34.8 Å². The average Bonchev–Trinajstić information content (AvgIpc) is 3.52. The molecule has 1 unspecified atom stereocenters. The number of halogens is 4. The van der Waals surface area contributed by atoms with Gasteiger partial charge in [0.25, 0.3) is 0 Å². The van der Waals surface area contributed by atoms with Gasteiger partial charge in [-0.2, -0.15) is 5.26 Å². The highest BCUT2D eigenvalue weighted by molar-refractivity contribution is 6.36. The van der Waals surface area contributed by atoms with Gasteiger partial charge in [0, 0.05) is 46.6 Å². The van der Waals surface area contributed by atoms with E-state index in [9.17, 15) is 9.65 Å². The Morgan fingerprint density at radius 3 is 2.37 bits per heavy atom. The minimum atomic E-state index is -0.539. The molecule has 1 atom stereocenters. The van der Waals surface area contributed by atoms with E-state index in [1.807, 2.05) is 41.2 Å². The molecule has 1 aliphatic rings. The second kappa shape index (κ2) is 13.0. The van der Waals surface area contributed by atoms with Crippen LogP contribution in [0.5, 0.6) is 0 Å². The Hall–Kier alpha value is -3.94. The highest BCUT2D eigenvalue weighted by atomic mass is 35.5. The number of fused-ring (bicyclic) bond motifs is 1. The van der Waals surface area contributed by atoms with Crippen molar-refractivity contribution in [3.63, 3.8) is 0 Å². The Kier molecular flexibility index (Phi) is 9.08. The van der Waals surface area contributed by atoms with E-state index in [0.29, 0.717) is 38.0 Å². The summed E-state index contributed by atoms with van der Waals surface area (Å²) in [6.45, 7) is 8.73. The fourth-order valence-corrected chi connectivity index (χ4v) is 6.41. The van der Waals surface area contributed by atoms with Crippen molar-refractivity contribution in [2.24, 2.45) is 0 Å². The maximum atomic E-state index is 13.9. The molecule has 0 bridgehead atoms. The summed E-state index contributed by atoms with van der Waals surface area (Å²) in [7, 11) is 0. The number of anilines is 3. The van der Waals surface area contributed by atoms with Crippen LogP contribution in [0.25, 0.3) is 10.9 Å². The zero-order chi connectivity index (χ0) is 32.6. The molecule has 0 spiro atoms. The maximum Gasteiger partial charge on any atom is 0.141 e. The van der Waals surface area contributed by atoms with E-state index in [-0.39, 0.29) is 22.2 Å². The van der Waals surface area contributed by atoms with Gasteiger partial charge in [-0.25, -0.2) is 9.07 Å². The van der Waals surface area contributed by atoms with Crippen molar-refractivity contribution in [2.75, 3.05) is 23.7 Å². The number of likely N-dealkylation sites (tertiary alicyclic amines) is 1. The van der Waals surface area contributed by atoms with Crippen molar-refractivity contribution in [3.8, 4) is 6.07 Å². The predicted octanol–water partition coefficient (Wildman–Crippen LogP) is 9.18. The zero-order valence-electron chi connectivity index (χ0n) is 25.5. The van der Waals surface area contributed by atoms with Crippen LogP contribution in [-0.2, 0) is 0 Å². The summed E-state index contributed by atoms with van der Waals surface area (Å²) in [5.41, 5.74) is 4.23. The molecule has 6 rings (SSSR count). The van der Waals surface area contributed by atoms with Crippen LogP contribution in [0.4, 0.5) is 21.5 Å². The molecule has 3 aromatic carbocycles. The van der Waals surface area contributed by atoms with Crippen molar-refractivity contribution >= 4 is 62.8 Å². The van der Waals surface area contributed by atoms with Gasteiger partial charge in [0.15, 0.2) is 0 Å². The number of hydrogen-bond acceptors (Lipinski definition) is 7. The van der Waals surface area contributed by atoms with Crippen molar-refractivity contribution in [2.45, 2.75) is 51.2 Å². The van der Waals surface area contributed by atoms with Gasteiger partial charge in [0.2, 0.25) is 0 Å². The lowest BCUT2D eigenvalue weighted by Crippen LogP contribution is -2.46. The van der Waals surface area contributed by atoms with Crippen LogP contribution in [0, 0.1) is 17.1 Å². The van der Waals surface area contributed by atoms with Gasteiger partial charge in [-0.3, -0.25) is 9.88 Å². The average molecular weight is 678 g/mol. The van der Waals surface area contributed by atoms with Gasteiger partial charge in [-0.1, -0.05) is 52.1 Å². The normalized spacial score (nSPS) is 15.1. The molecule has 0 amide bonds. The number of benzene rings is 3. The van der Waals surface area contributed by atoms with Crippen LogP contribution in [0.15, 0.2) is 67.0 Å². The monoisotopic (exact) mass is 676 g/mol. The molecule has 0 radical (unpaired) electrons. The molecular weight excluding hydrogens is 646 g/mol. The molecule has 3 heterocycles. The standard InChI is InChI=1S/C34H32Cl3FN8/c1-34(2,3)45-12-10-25(11-13-45)46-19-30(43-44-46)32(20-4-6-22(35)7-5-20)42-24-14-26-31(41-23-8-9-29(38)27(36)15-23)21(17-39)18-40-33(26)28(37)16-24/h4-9,14-16,18-19,25,32,42H,10-13H2,1-3H3,(H,40,41). The number of nitrogens with zero attached hydrogens (tertiary/aromatic N) is 6. The lowest BCUT2D eigenvalue weighted by Gasteiger charge is -2.40. The number of pyridine rings is 1. The Balaban J connectivity index is 1.36. The predicted molar refractivity (Wildman–Crippen MR) is 183 cm³/mol. The lowest BCUT2D eigenvalue weighted by atomic mass is 9.98. The first-order valence-corrected chi connectivity index (χ1v) is 16.1. The van der Waals surface area contributed by atoms with Crippen LogP contribution in [0.1, 0.15) is 62.5 Å². The van der Waals surface area contributed by atoms with Gasteiger partial charge >= 0.3 is 0 Å². The number of rotatable bonds is 7. The quantitative estimate of drug-likeness (QED) is 0.177. The minimum absolute atomic E-state index is 0.0409. The molecule has 1 aliphatic heterocycles. The highest BCUT2D eigenvalue weighted by Crippen LogP contribution is 2.37. The first-order chi connectivity index (χ1) is 22.0. The van der Waals surface area contributed by atoms with E-state index in [2.05, 4.69) is 57.7 Å². The Labute approximate surface area is 282 Å². The second-order valence-electron chi connectivity index (χ2n) is 12.4. The van der Waals surface area contributed by atoms with Gasteiger partial charge in [0.05, 0.1) is 45.1 Å². The van der Waals surface area contributed by atoms with E-state index >= 15 is 0 Å². The van der Waals surface area contributed by atoms with Gasteiger partial charge < -0.3 is 10.6 Å². The Morgan fingerprint density at radius 2 is 1.70 bits per heavy atom. The van der Waals surface area contributed by atoms with Crippen molar-refractivity contribution in [3.05, 3.63) is 105 Å². The molecule has 2 N–H and O–H groups in total. The van der Waals surface area contributed by atoms with Crippen LogP contribution < -0.4 is 10.6 Å². The number of hydrogen-bond donors (Lipinski definition) is 2. The molecule has 8 nitrogen and oxygen atoms in total. The smallest absolute Gasteiger partial charge is 0.141 e. The summed E-state index contributed by atoms with van der Waals surface area (Å²) in [4.78, 5) is 6.96. The van der Waals surface area contributed by atoms with E-state index in [1.54, 1.807) is 12.1 Å². The first kappa shape index (κ1) is 32.0. The van der Waals surface area contributed by atoms with E-state index < -0.39 is 11.9 Å². The molecule has 0 saturated carbocycles. The minimum Gasteiger partial charge on any atom is -0.373 e. The van der Waals surface area contributed by atoms with Crippen LogP contribution >= 0.6 is 34.8 Å². The molecule has 236 valence electrons. The molecule has 0 aliphatic carbocycles. The number of nitriles is 1. The van der Waals surface area contributed by atoms with E-state index in [1.165, 1.54) is 18.3 Å². The lowest BCUT2D eigenvalue weighted by molar-refractivity contribution is 0.0866. The van der Waals surface area contributed by atoms with Crippen LogP contribution in [-0.4, -0.2) is 43.5 Å². The fraction of sp³-hybridized carbons (Fsp3) is 0.294. The molecular formula is C34H32Cl3FN8. The third-order valence-corrected chi connectivity index (χ3v) is 9.19. The molecule has 2 aromatic heterocycles. The zero-order valence-corrected chi connectivity index (χ0v) is 27.8. The number of aromatic nitrogens is 4. The molecule has 12 heteroatoms. The molecule has 1 saturated heterocycles. The summed E-state index contributed by atoms with van der Waals surface area (Å²) >= 11 is 19.1. The summed E-state index contributed by atoms with van der Waals surface area (Å²) < 4.78 is 15.8. The summed E-state index contributed by atoms with van der Waals surface area (Å²) in [6, 6.07) is 17.5. The van der Waals surface area contributed by atoms with Gasteiger partial charge in [0.1, 0.15) is 17.6 Å². The van der Waals surface area contributed by atoms with Crippen molar-refractivity contribution < 1.29 is 4.39 Å². The van der Waals surface area contributed by atoms with Crippen LogP contribution in [0.3, 0.4) is 0 Å². The largest absolute Gasteiger partial charge is 0.373 e. The third kappa shape index (κ3) is 6.76. The maximum absolute atomic E-state index is 13.9. The number of piperidine rings is 1. The Bertz CT molecular complexity index is 1920. The van der Waals surface area contributed by atoms with Crippen molar-refractivity contribution in [1.82, 2.24) is 24.9 Å². The second-order valence-corrected chi connectivity index (χ2v) is 13.7. The fourth-order valence-electron chi connectivity index (χ4n) is 5.83. The van der Waals surface area contributed by atoms with Gasteiger partial charge in [-0.15, -0.1) is 5.10 Å². The molecule has 46 heavy (non-hydrogen) atoms. The Morgan fingerprint density at radius 1 is 0.978 bits per heavy atom.